The maximum Gasteiger partial charge on any atom is 0.136 e. The second-order valence-corrected chi connectivity index (χ2v) is 3.27. The molecule has 2 nitrogen and oxygen atoms in total. The van der Waals surface area contributed by atoms with Crippen molar-refractivity contribution in [1.29, 1.82) is 0 Å². The van der Waals surface area contributed by atoms with E-state index in [1.165, 1.54) is 12.8 Å². The van der Waals surface area contributed by atoms with Crippen molar-refractivity contribution in [3.05, 3.63) is 18.0 Å². The Bertz CT molecular complexity index is 237. The third-order valence-corrected chi connectivity index (χ3v) is 1.98. The van der Waals surface area contributed by atoms with Crippen LogP contribution in [0.25, 0.3) is 0 Å². The van der Waals surface area contributed by atoms with E-state index in [4.69, 9.17) is 4.74 Å². The van der Waals surface area contributed by atoms with E-state index in [-0.39, 0.29) is 0 Å². The van der Waals surface area contributed by atoms with Crippen molar-refractivity contribution in [1.82, 2.24) is 4.98 Å². The van der Waals surface area contributed by atoms with Gasteiger partial charge in [-0.15, -0.1) is 0 Å². The first-order chi connectivity index (χ1) is 5.34. The summed E-state index contributed by atoms with van der Waals surface area (Å²) in [5, 5.41) is 0. The summed E-state index contributed by atoms with van der Waals surface area (Å²) in [5.74, 6) is 1.82. The fourth-order valence-corrected chi connectivity index (χ4v) is 1.06. The van der Waals surface area contributed by atoms with E-state index in [1.807, 2.05) is 19.2 Å². The van der Waals surface area contributed by atoms with Gasteiger partial charge in [0, 0.05) is 18.0 Å². The summed E-state index contributed by atoms with van der Waals surface area (Å²) in [7, 11) is 0. The molecule has 1 saturated carbocycles. The molecule has 0 saturated heterocycles. The van der Waals surface area contributed by atoms with Crippen molar-refractivity contribution < 1.29 is 4.74 Å². The van der Waals surface area contributed by atoms with Gasteiger partial charge >= 0.3 is 0 Å². The number of hydrogen-bond donors (Lipinski definition) is 1. The van der Waals surface area contributed by atoms with Gasteiger partial charge in [0.2, 0.25) is 0 Å². The molecule has 0 spiro atoms. The van der Waals surface area contributed by atoms with Gasteiger partial charge < -0.3 is 9.72 Å². The van der Waals surface area contributed by atoms with Crippen LogP contribution in [0.3, 0.4) is 0 Å². The molecule has 0 amide bonds. The molecule has 2 heteroatoms. The van der Waals surface area contributed by atoms with Gasteiger partial charge in [-0.25, -0.2) is 0 Å². The fraction of sp³-hybridized carbons (Fsp3) is 0.556. The van der Waals surface area contributed by atoms with Crippen molar-refractivity contribution in [3.63, 3.8) is 0 Å². The number of hydrogen-bond acceptors (Lipinski definition) is 1. The highest BCUT2D eigenvalue weighted by molar-refractivity contribution is 5.21. The zero-order valence-corrected chi connectivity index (χ0v) is 6.76. The van der Waals surface area contributed by atoms with Gasteiger partial charge in [-0.3, -0.25) is 0 Å². The molecule has 2 rings (SSSR count). The number of aromatic nitrogens is 1. The van der Waals surface area contributed by atoms with Crippen molar-refractivity contribution in [3.8, 4) is 5.75 Å². The molecule has 0 radical (unpaired) electrons. The summed E-state index contributed by atoms with van der Waals surface area (Å²) in [6, 6.07) is 2.03. The molecule has 1 aliphatic carbocycles. The summed E-state index contributed by atoms with van der Waals surface area (Å²) in [5.41, 5.74) is 1.16. The number of aryl methyl sites for hydroxylation is 1. The minimum atomic E-state index is 0.838. The quantitative estimate of drug-likeness (QED) is 0.703. The van der Waals surface area contributed by atoms with Crippen LogP contribution in [0.15, 0.2) is 12.3 Å². The zero-order valence-electron chi connectivity index (χ0n) is 6.76. The van der Waals surface area contributed by atoms with Crippen LogP contribution in [0.1, 0.15) is 18.5 Å². The Morgan fingerprint density at radius 3 is 3.00 bits per heavy atom. The molecule has 1 N–H and O–H groups in total. The minimum Gasteiger partial charge on any atom is -0.492 e. The van der Waals surface area contributed by atoms with Gasteiger partial charge in [-0.2, -0.15) is 0 Å². The highest BCUT2D eigenvalue weighted by atomic mass is 16.5. The first-order valence-corrected chi connectivity index (χ1v) is 4.12. The van der Waals surface area contributed by atoms with E-state index in [1.54, 1.807) is 0 Å². The van der Waals surface area contributed by atoms with Crippen LogP contribution in [-0.4, -0.2) is 11.6 Å². The molecular weight excluding hydrogens is 138 g/mol. The Labute approximate surface area is 66.6 Å². The number of rotatable bonds is 3. The molecule has 1 aromatic rings. The molecule has 0 unspecified atom stereocenters. The number of aromatic amines is 1. The van der Waals surface area contributed by atoms with E-state index < -0.39 is 0 Å². The fourth-order valence-electron chi connectivity index (χ4n) is 1.06. The van der Waals surface area contributed by atoms with Crippen LogP contribution in [-0.2, 0) is 0 Å². The van der Waals surface area contributed by atoms with Gasteiger partial charge in [-0.1, -0.05) is 0 Å². The summed E-state index contributed by atoms with van der Waals surface area (Å²) in [6.07, 6.45) is 4.62. The number of H-pyrrole nitrogens is 1. The topological polar surface area (TPSA) is 25.0 Å². The third kappa shape index (κ3) is 1.76. The van der Waals surface area contributed by atoms with E-state index >= 15 is 0 Å². The maximum atomic E-state index is 5.52. The Hall–Kier alpha value is -0.920. The highest BCUT2D eigenvalue weighted by Crippen LogP contribution is 2.29. The summed E-state index contributed by atoms with van der Waals surface area (Å²) in [6.45, 7) is 2.93. The van der Waals surface area contributed by atoms with Crippen LogP contribution in [0.2, 0.25) is 0 Å². The Kier molecular flexibility index (Phi) is 1.60. The van der Waals surface area contributed by atoms with Gasteiger partial charge in [0.25, 0.3) is 0 Å². The van der Waals surface area contributed by atoms with E-state index in [2.05, 4.69) is 4.98 Å². The molecule has 1 aliphatic rings. The van der Waals surface area contributed by atoms with Crippen LogP contribution in [0, 0.1) is 12.8 Å². The SMILES string of the molecule is Cc1cc(OCC2CC2)c[nH]1. The predicted molar refractivity (Wildman–Crippen MR) is 43.7 cm³/mol. The lowest BCUT2D eigenvalue weighted by Gasteiger charge is -1.99. The van der Waals surface area contributed by atoms with Gasteiger partial charge in [0.15, 0.2) is 0 Å². The zero-order chi connectivity index (χ0) is 7.68. The molecule has 0 bridgehead atoms. The van der Waals surface area contributed by atoms with E-state index in [0.29, 0.717) is 0 Å². The van der Waals surface area contributed by atoms with Crippen LogP contribution in [0.5, 0.6) is 5.75 Å². The van der Waals surface area contributed by atoms with Crippen molar-refractivity contribution >= 4 is 0 Å². The smallest absolute Gasteiger partial charge is 0.136 e. The molecular formula is C9H13NO. The average Bonchev–Trinajstić information content (AvgIpc) is 2.72. The van der Waals surface area contributed by atoms with E-state index in [0.717, 1.165) is 24.0 Å². The van der Waals surface area contributed by atoms with Gasteiger partial charge in [-0.05, 0) is 25.7 Å². The first kappa shape index (κ1) is 6.77. The van der Waals surface area contributed by atoms with Crippen LogP contribution >= 0.6 is 0 Å². The molecule has 11 heavy (non-hydrogen) atoms. The first-order valence-electron chi connectivity index (χ1n) is 4.12. The molecule has 0 aliphatic heterocycles. The second-order valence-electron chi connectivity index (χ2n) is 3.27. The Balaban J connectivity index is 1.85. The largest absolute Gasteiger partial charge is 0.492 e. The highest BCUT2D eigenvalue weighted by Gasteiger charge is 2.21. The lowest BCUT2D eigenvalue weighted by molar-refractivity contribution is 0.300. The molecule has 0 atom stereocenters. The lowest BCUT2D eigenvalue weighted by Crippen LogP contribution is -1.97. The Morgan fingerprint density at radius 2 is 2.45 bits per heavy atom. The van der Waals surface area contributed by atoms with Gasteiger partial charge in [0.05, 0.1) is 6.61 Å². The van der Waals surface area contributed by atoms with Crippen molar-refractivity contribution in [2.45, 2.75) is 19.8 Å². The van der Waals surface area contributed by atoms with Crippen LogP contribution in [0.4, 0.5) is 0 Å². The standard InChI is InChI=1S/C9H13NO/c1-7-4-9(5-10-7)11-6-8-2-3-8/h4-5,8,10H,2-3,6H2,1H3. The van der Waals surface area contributed by atoms with E-state index in [9.17, 15) is 0 Å². The van der Waals surface area contributed by atoms with Gasteiger partial charge in [0.1, 0.15) is 5.75 Å². The number of ether oxygens (including phenoxy) is 1. The number of nitrogens with one attached hydrogen (secondary N) is 1. The third-order valence-electron chi connectivity index (χ3n) is 1.98. The monoisotopic (exact) mass is 151 g/mol. The molecule has 60 valence electrons. The summed E-state index contributed by atoms with van der Waals surface area (Å²) < 4.78 is 5.52. The van der Waals surface area contributed by atoms with Crippen molar-refractivity contribution in [2.75, 3.05) is 6.61 Å². The second kappa shape index (κ2) is 2.61. The summed E-state index contributed by atoms with van der Waals surface area (Å²) >= 11 is 0. The van der Waals surface area contributed by atoms with Crippen molar-refractivity contribution in [2.24, 2.45) is 5.92 Å². The Morgan fingerprint density at radius 1 is 1.64 bits per heavy atom. The maximum absolute atomic E-state index is 5.52. The average molecular weight is 151 g/mol. The predicted octanol–water partition coefficient (Wildman–Crippen LogP) is 2.11. The summed E-state index contributed by atoms with van der Waals surface area (Å²) in [4.78, 5) is 3.09. The molecule has 1 heterocycles. The normalized spacial score (nSPS) is 16.8. The molecule has 0 aromatic carbocycles. The minimum absolute atomic E-state index is 0.838. The van der Waals surface area contributed by atoms with Crippen LogP contribution < -0.4 is 4.74 Å². The molecule has 1 fully saturated rings. The lowest BCUT2D eigenvalue weighted by atomic mass is 10.4. The molecule has 1 aromatic heterocycles.